The molecule has 4 bridgehead atoms. The van der Waals surface area contributed by atoms with E-state index in [0.717, 1.165) is 71.0 Å². The fourth-order valence-corrected chi connectivity index (χ4v) is 12.6. The first-order chi connectivity index (χ1) is 27.9. The van der Waals surface area contributed by atoms with Gasteiger partial charge in [-0.25, -0.2) is 34.4 Å². The molecular weight excluding hydrogens is 801 g/mol. The number of ether oxygens (including phenoxy) is 2. The molecule has 3 N–H and O–H groups in total. The Balaban J connectivity index is 0.000000233. The van der Waals surface area contributed by atoms with Crippen LogP contribution in [0.3, 0.4) is 0 Å². The molecule has 12 nitrogen and oxygen atoms in total. The topological polar surface area (TPSA) is 169 Å². The first-order valence-electron chi connectivity index (χ1n) is 20.8. The second-order valence-corrected chi connectivity index (χ2v) is 22.2. The third kappa shape index (κ3) is 9.25. The fraction of sp³-hybridized carbons (Fsp3) is 0.522. The predicted molar refractivity (Wildman–Crippen MR) is 232 cm³/mol. The molecule has 4 aromatic rings. The third-order valence-electron chi connectivity index (χ3n) is 13.0. The van der Waals surface area contributed by atoms with Gasteiger partial charge in [-0.05, 0) is 171 Å². The van der Waals surface area contributed by atoms with Gasteiger partial charge in [-0.3, -0.25) is 0 Å². The van der Waals surface area contributed by atoms with Crippen LogP contribution in [0.2, 0.25) is 0 Å². The second-order valence-electron chi connectivity index (χ2n) is 18.5. The Hall–Kier alpha value is -4.40. The number of carbonyl (C=O) groups excluding carboxylic acids is 2. The Labute approximate surface area is 356 Å². The van der Waals surface area contributed by atoms with Gasteiger partial charge in [-0.2, -0.15) is 0 Å². The average Bonchev–Trinajstić information content (AvgIpc) is 3.61. The number of aryl methyl sites for hydroxylation is 2. The molecule has 14 heteroatoms. The zero-order chi connectivity index (χ0) is 44.1. The molecular formula is C46H62N4O8S2. The largest absolute Gasteiger partial charge is 0.467 e. The highest BCUT2D eigenvalue weighted by Gasteiger charge is 2.50. The molecule has 1 amide bonds. The van der Waals surface area contributed by atoms with Crippen LogP contribution >= 0.6 is 0 Å². The van der Waals surface area contributed by atoms with Crippen molar-refractivity contribution < 1.29 is 35.9 Å². The summed E-state index contributed by atoms with van der Waals surface area (Å²) in [6.07, 6.45) is 8.94. The highest BCUT2D eigenvalue weighted by atomic mass is 32.2. The number of benzene rings is 2. The Kier molecular flexibility index (Phi) is 12.6. The predicted octanol–water partition coefficient (Wildman–Crippen LogP) is 7.61. The first kappa shape index (κ1) is 45.1. The summed E-state index contributed by atoms with van der Waals surface area (Å²) in [6.45, 7) is 16.6. The summed E-state index contributed by atoms with van der Waals surface area (Å²) < 4.78 is 66.1. The third-order valence-corrected chi connectivity index (χ3v) is 16.5. The van der Waals surface area contributed by atoms with Crippen molar-refractivity contribution in [2.75, 3.05) is 7.11 Å². The first-order valence-corrected chi connectivity index (χ1v) is 23.7. The van der Waals surface area contributed by atoms with E-state index in [-0.39, 0.29) is 23.0 Å². The number of aromatic nitrogens is 2. The van der Waals surface area contributed by atoms with E-state index in [9.17, 15) is 26.4 Å². The van der Waals surface area contributed by atoms with E-state index in [1.165, 1.54) is 27.7 Å². The van der Waals surface area contributed by atoms with Crippen LogP contribution in [-0.4, -0.2) is 61.1 Å². The van der Waals surface area contributed by atoms with Crippen LogP contribution < -0.4 is 11.1 Å². The molecule has 326 valence electrons. The van der Waals surface area contributed by atoms with E-state index >= 15 is 0 Å². The van der Waals surface area contributed by atoms with Crippen molar-refractivity contribution in [2.45, 2.75) is 134 Å². The fourth-order valence-electron chi connectivity index (χ4n) is 9.68. The van der Waals surface area contributed by atoms with Crippen LogP contribution in [0.1, 0.15) is 97.6 Å². The van der Waals surface area contributed by atoms with Gasteiger partial charge in [0, 0.05) is 35.7 Å². The number of amides is 1. The smallest absolute Gasteiger partial charge is 0.408 e. The minimum atomic E-state index is -3.83. The number of nitrogens with one attached hydrogen (secondary N) is 1. The van der Waals surface area contributed by atoms with Crippen LogP contribution in [-0.2, 0) is 47.2 Å². The van der Waals surface area contributed by atoms with E-state index in [0.29, 0.717) is 34.4 Å². The molecule has 2 aromatic carbocycles. The van der Waals surface area contributed by atoms with E-state index < -0.39 is 37.6 Å². The Bertz CT molecular complexity index is 2430. The zero-order valence-corrected chi connectivity index (χ0v) is 38.3. The summed E-state index contributed by atoms with van der Waals surface area (Å²) in [4.78, 5) is 26.6. The Morgan fingerprint density at radius 3 is 1.47 bits per heavy atom. The lowest BCUT2D eigenvalue weighted by Crippen LogP contribution is -2.57. The lowest BCUT2D eigenvalue weighted by molar-refractivity contribution is -0.148. The molecule has 4 saturated carbocycles. The summed E-state index contributed by atoms with van der Waals surface area (Å²) in [5, 5.41) is 2.79. The molecule has 2 aromatic heterocycles. The normalized spacial score (nSPS) is 22.1. The average molecular weight is 863 g/mol. The number of esters is 1. The maximum absolute atomic E-state index is 13.4. The van der Waals surface area contributed by atoms with Crippen molar-refractivity contribution >= 4 is 32.1 Å². The van der Waals surface area contributed by atoms with Crippen LogP contribution in [0.25, 0.3) is 0 Å². The molecule has 8 rings (SSSR count). The maximum atomic E-state index is 13.4. The number of nitrogens with two attached hydrogens (primary N) is 1. The molecule has 4 aliphatic carbocycles. The quantitative estimate of drug-likeness (QED) is 0.144. The monoisotopic (exact) mass is 862 g/mol. The number of alkyl carbamates (subject to hydrolysis) is 1. The van der Waals surface area contributed by atoms with Crippen molar-refractivity contribution in [3.63, 3.8) is 0 Å². The van der Waals surface area contributed by atoms with E-state index in [1.807, 2.05) is 60.6 Å². The number of nitrogens with zero attached hydrogens (tertiary/aromatic N) is 2. The van der Waals surface area contributed by atoms with Crippen LogP contribution in [0, 0.1) is 65.2 Å². The summed E-state index contributed by atoms with van der Waals surface area (Å²) in [7, 11) is -6.13. The highest BCUT2D eigenvalue weighted by molar-refractivity contribution is 7.90. The van der Waals surface area contributed by atoms with Gasteiger partial charge in [0.15, 0.2) is 0 Å². The second kappa shape index (κ2) is 16.8. The summed E-state index contributed by atoms with van der Waals surface area (Å²) in [5.41, 5.74) is 10.8. The number of methoxy groups -OCH3 is 1. The summed E-state index contributed by atoms with van der Waals surface area (Å²) in [6, 6.07) is 13.6. The summed E-state index contributed by atoms with van der Waals surface area (Å²) >= 11 is 0. The number of rotatable bonds is 11. The Morgan fingerprint density at radius 2 is 1.08 bits per heavy atom. The van der Waals surface area contributed by atoms with Crippen LogP contribution in [0.15, 0.2) is 70.7 Å². The molecule has 0 spiro atoms. The molecule has 0 saturated heterocycles. The van der Waals surface area contributed by atoms with Crippen LogP contribution in [0.5, 0.6) is 0 Å². The molecule has 0 aliphatic heterocycles. The Morgan fingerprint density at radius 1 is 0.683 bits per heavy atom. The minimum Gasteiger partial charge on any atom is -0.467 e. The lowest BCUT2D eigenvalue weighted by Gasteiger charge is -2.53. The van der Waals surface area contributed by atoms with Gasteiger partial charge < -0.3 is 20.5 Å². The van der Waals surface area contributed by atoms with E-state index in [1.54, 1.807) is 56.4 Å². The van der Waals surface area contributed by atoms with Gasteiger partial charge in [0.25, 0.3) is 20.0 Å². The van der Waals surface area contributed by atoms with Gasteiger partial charge >= 0.3 is 12.1 Å². The van der Waals surface area contributed by atoms with Gasteiger partial charge in [0.1, 0.15) is 11.6 Å². The zero-order valence-electron chi connectivity index (χ0n) is 36.7. The van der Waals surface area contributed by atoms with E-state index in [2.05, 4.69) is 5.32 Å². The number of hydrogen-bond acceptors (Lipinski definition) is 9. The summed E-state index contributed by atoms with van der Waals surface area (Å²) in [5.74, 6) is 1.68. The molecule has 0 radical (unpaired) electrons. The molecule has 1 atom stereocenters. The lowest BCUT2D eigenvalue weighted by atomic mass is 9.55. The molecule has 60 heavy (non-hydrogen) atoms. The minimum absolute atomic E-state index is 0.0551. The van der Waals surface area contributed by atoms with Gasteiger partial charge in [0.05, 0.1) is 16.9 Å². The van der Waals surface area contributed by atoms with Crippen molar-refractivity contribution in [1.29, 1.82) is 0 Å². The van der Waals surface area contributed by atoms with Crippen molar-refractivity contribution in [3.05, 3.63) is 106 Å². The van der Waals surface area contributed by atoms with Gasteiger partial charge in [0.2, 0.25) is 0 Å². The highest BCUT2D eigenvalue weighted by Crippen LogP contribution is 2.54. The molecule has 4 aliphatic rings. The number of hydrogen-bond donors (Lipinski definition) is 2. The van der Waals surface area contributed by atoms with Crippen molar-refractivity contribution in [1.82, 2.24) is 13.3 Å². The van der Waals surface area contributed by atoms with Crippen molar-refractivity contribution in [2.24, 2.45) is 29.4 Å². The van der Waals surface area contributed by atoms with E-state index in [4.69, 9.17) is 15.2 Å². The molecule has 4 fully saturated rings. The van der Waals surface area contributed by atoms with Gasteiger partial charge in [-0.15, -0.1) is 0 Å². The SMILES string of the molecule is COC(=O)C(C)(Cc1cn(S(=O)(=O)c2ccc(C)cc2)c(C)c1C)NC(=O)OC1C2CC3CC(C2)CC1C3.Cc1ccc(S(=O)(=O)n2cc(CC(C)(C)N)c(C)c2C)cc1. The van der Waals surface area contributed by atoms with Gasteiger partial charge in [-0.1, -0.05) is 35.4 Å². The maximum Gasteiger partial charge on any atom is 0.408 e. The molecule has 2 heterocycles. The number of carbonyl (C=O) groups is 2. The van der Waals surface area contributed by atoms with Crippen LogP contribution in [0.4, 0.5) is 4.79 Å². The van der Waals surface area contributed by atoms with Crippen molar-refractivity contribution in [3.8, 4) is 0 Å². The standard InChI is InChI=1S/C29H38N2O6S.C17H24N2O2S/c1-17-6-8-25(9-7-17)38(34,35)31-16-24(18(2)19(31)3)15-29(4,27(32)36-5)30-28(33)37-26-22-11-20-10-21(13-22)14-23(26)12-20;1-12-6-8-16(9-7-12)22(20,21)19-11-15(10-17(4,5)18)13(2)14(19)3/h6-9,16,20-23,26H,10-15H2,1-5H3,(H,30,33);6-9,11H,10,18H2,1-5H3. The molecule has 1 unspecified atom stereocenters.